The van der Waals surface area contributed by atoms with E-state index in [2.05, 4.69) is 5.32 Å². The fourth-order valence-electron chi connectivity index (χ4n) is 3.64. The molecule has 1 aromatic carbocycles. The van der Waals surface area contributed by atoms with Crippen LogP contribution in [0.5, 0.6) is 11.5 Å². The molecule has 10 nitrogen and oxygen atoms in total. The summed E-state index contributed by atoms with van der Waals surface area (Å²) in [7, 11) is 1.24. The molecule has 1 saturated heterocycles. The first-order valence-corrected chi connectivity index (χ1v) is 9.26. The fourth-order valence-corrected chi connectivity index (χ4v) is 3.64. The molecule has 0 unspecified atom stereocenters. The highest BCUT2D eigenvalue weighted by molar-refractivity contribution is 6.09. The molecule has 0 aromatic heterocycles. The number of amides is 2. The number of aliphatic hydroxyl groups excluding tert-OH is 1. The first kappa shape index (κ1) is 19.1. The van der Waals surface area contributed by atoms with Crippen LogP contribution in [-0.4, -0.2) is 67.9 Å². The monoisotopic (exact) mass is 403 g/mol. The third-order valence-electron chi connectivity index (χ3n) is 5.07. The molecule has 0 atom stereocenters. The lowest BCUT2D eigenvalue weighted by Crippen LogP contribution is -2.31. The summed E-state index contributed by atoms with van der Waals surface area (Å²) >= 11 is 0. The predicted molar refractivity (Wildman–Crippen MR) is 100 cm³/mol. The molecule has 0 saturated carbocycles. The number of nitrogens with zero attached hydrogens (tertiary/aromatic N) is 2. The van der Waals surface area contributed by atoms with Crippen molar-refractivity contribution in [2.24, 2.45) is 0 Å². The molecule has 3 aliphatic heterocycles. The van der Waals surface area contributed by atoms with Crippen molar-refractivity contribution in [3.63, 3.8) is 0 Å². The van der Waals surface area contributed by atoms with E-state index in [4.69, 9.17) is 14.2 Å². The van der Waals surface area contributed by atoms with Crippen molar-refractivity contribution in [1.82, 2.24) is 4.90 Å². The molecule has 0 spiro atoms. The van der Waals surface area contributed by atoms with Gasteiger partial charge in [0.2, 0.25) is 12.7 Å². The van der Waals surface area contributed by atoms with Crippen LogP contribution in [-0.2, 0) is 19.1 Å². The van der Waals surface area contributed by atoms with Gasteiger partial charge in [-0.3, -0.25) is 9.59 Å². The summed E-state index contributed by atoms with van der Waals surface area (Å²) in [5.74, 6) is -0.127. The Morgan fingerprint density at radius 2 is 2.03 bits per heavy atom. The summed E-state index contributed by atoms with van der Waals surface area (Å²) < 4.78 is 15.7. The summed E-state index contributed by atoms with van der Waals surface area (Å²) in [5.41, 5.74) is 1.20. The van der Waals surface area contributed by atoms with Crippen LogP contribution in [0.1, 0.15) is 12.8 Å². The van der Waals surface area contributed by atoms with Crippen molar-refractivity contribution < 1.29 is 33.7 Å². The van der Waals surface area contributed by atoms with Gasteiger partial charge >= 0.3 is 5.97 Å². The number of benzene rings is 1. The molecule has 154 valence electrons. The molecule has 3 heterocycles. The number of ether oxygens (including phenoxy) is 3. The SMILES string of the molecule is COC(=O)C1=C(Nc2cc3c(cc2N2CCCC2=O)OCO3)C(=O)N(CCO)C1. The lowest BCUT2D eigenvalue weighted by molar-refractivity contribution is -0.136. The summed E-state index contributed by atoms with van der Waals surface area (Å²) in [6, 6.07) is 3.34. The van der Waals surface area contributed by atoms with Crippen molar-refractivity contribution in [2.75, 3.05) is 50.4 Å². The predicted octanol–water partition coefficient (Wildman–Crippen LogP) is 0.216. The highest BCUT2D eigenvalue weighted by atomic mass is 16.7. The molecule has 0 bridgehead atoms. The Bertz CT molecular complexity index is 911. The second-order valence-corrected chi connectivity index (χ2v) is 6.79. The minimum Gasteiger partial charge on any atom is -0.466 e. The van der Waals surface area contributed by atoms with E-state index in [0.29, 0.717) is 35.8 Å². The topological polar surface area (TPSA) is 118 Å². The average Bonchev–Trinajstić information content (AvgIpc) is 3.42. The van der Waals surface area contributed by atoms with Crippen LogP contribution >= 0.6 is 0 Å². The van der Waals surface area contributed by atoms with E-state index in [1.54, 1.807) is 17.0 Å². The van der Waals surface area contributed by atoms with Gasteiger partial charge in [-0.2, -0.15) is 0 Å². The van der Waals surface area contributed by atoms with Crippen LogP contribution < -0.4 is 19.7 Å². The van der Waals surface area contributed by atoms with Crippen LogP contribution in [0.4, 0.5) is 11.4 Å². The molecule has 2 amide bonds. The number of anilines is 2. The maximum atomic E-state index is 12.8. The Morgan fingerprint density at radius 1 is 1.28 bits per heavy atom. The van der Waals surface area contributed by atoms with Crippen LogP contribution in [0, 0.1) is 0 Å². The van der Waals surface area contributed by atoms with Crippen molar-refractivity contribution in [3.05, 3.63) is 23.4 Å². The van der Waals surface area contributed by atoms with Gasteiger partial charge in [-0.1, -0.05) is 0 Å². The Kier molecular flexibility index (Phi) is 5.01. The van der Waals surface area contributed by atoms with Crippen molar-refractivity contribution >= 4 is 29.2 Å². The summed E-state index contributed by atoms with van der Waals surface area (Å²) in [6.45, 7) is 0.483. The fraction of sp³-hybridized carbons (Fsp3) is 0.421. The molecule has 1 fully saturated rings. The number of nitrogens with one attached hydrogen (secondary N) is 1. The molecular formula is C19H21N3O7. The molecule has 4 rings (SSSR count). The normalized spacial score (nSPS) is 18.1. The maximum absolute atomic E-state index is 12.8. The number of rotatable bonds is 6. The first-order chi connectivity index (χ1) is 14.0. The minimum absolute atomic E-state index is 0.0247. The molecular weight excluding hydrogens is 382 g/mol. The van der Waals surface area contributed by atoms with E-state index in [0.717, 1.165) is 6.42 Å². The second-order valence-electron chi connectivity index (χ2n) is 6.79. The lowest BCUT2D eigenvalue weighted by atomic mass is 10.2. The number of carbonyl (C=O) groups excluding carboxylic acids is 3. The molecule has 2 N–H and O–H groups in total. The zero-order chi connectivity index (χ0) is 20.5. The maximum Gasteiger partial charge on any atom is 0.337 e. The van der Waals surface area contributed by atoms with Gasteiger partial charge in [-0.05, 0) is 6.42 Å². The molecule has 29 heavy (non-hydrogen) atoms. The van der Waals surface area contributed by atoms with Gasteiger partial charge in [0.05, 0.1) is 37.2 Å². The van der Waals surface area contributed by atoms with Crippen LogP contribution in [0.3, 0.4) is 0 Å². The average molecular weight is 403 g/mol. The Balaban J connectivity index is 1.74. The Hall–Kier alpha value is -3.27. The summed E-state index contributed by atoms with van der Waals surface area (Å²) in [6.07, 6.45) is 1.17. The largest absolute Gasteiger partial charge is 0.466 e. The molecule has 3 aliphatic rings. The zero-order valence-electron chi connectivity index (χ0n) is 15.9. The van der Waals surface area contributed by atoms with Gasteiger partial charge < -0.3 is 34.4 Å². The van der Waals surface area contributed by atoms with Crippen LogP contribution in [0.25, 0.3) is 0 Å². The smallest absolute Gasteiger partial charge is 0.337 e. The quantitative estimate of drug-likeness (QED) is 0.648. The van der Waals surface area contributed by atoms with E-state index in [1.165, 1.54) is 12.0 Å². The standard InChI is InChI=1S/C19H21N3O7/c1-27-19(26)11-9-21(5-6-23)18(25)17(11)20-12-7-14-15(29-10-28-14)8-13(12)22-4-2-3-16(22)24/h7-8,20,23H,2-6,9-10H2,1H3. The van der Waals surface area contributed by atoms with Crippen LogP contribution in [0.2, 0.25) is 0 Å². The second kappa shape index (κ2) is 7.63. The molecule has 1 aromatic rings. The molecule has 10 heteroatoms. The zero-order valence-corrected chi connectivity index (χ0v) is 15.9. The third-order valence-corrected chi connectivity index (χ3v) is 5.07. The van der Waals surface area contributed by atoms with E-state index in [-0.39, 0.29) is 43.7 Å². The molecule has 0 radical (unpaired) electrons. The van der Waals surface area contributed by atoms with Gasteiger partial charge in [0.25, 0.3) is 5.91 Å². The lowest BCUT2D eigenvalue weighted by Gasteiger charge is -2.22. The van der Waals surface area contributed by atoms with Gasteiger partial charge in [-0.25, -0.2) is 4.79 Å². The number of hydrogen-bond acceptors (Lipinski definition) is 8. The van der Waals surface area contributed by atoms with Gasteiger partial charge in [0.1, 0.15) is 5.70 Å². The van der Waals surface area contributed by atoms with Crippen molar-refractivity contribution in [1.29, 1.82) is 0 Å². The summed E-state index contributed by atoms with van der Waals surface area (Å²) in [5, 5.41) is 12.2. The van der Waals surface area contributed by atoms with Gasteiger partial charge in [0, 0.05) is 31.6 Å². The minimum atomic E-state index is -0.638. The number of esters is 1. The number of hydrogen-bond donors (Lipinski definition) is 2. The Labute approximate surface area is 166 Å². The number of aliphatic hydroxyl groups is 1. The third kappa shape index (κ3) is 3.35. The van der Waals surface area contributed by atoms with Crippen molar-refractivity contribution in [3.8, 4) is 11.5 Å². The molecule has 0 aliphatic carbocycles. The number of methoxy groups -OCH3 is 1. The van der Waals surface area contributed by atoms with Crippen LogP contribution in [0.15, 0.2) is 23.4 Å². The van der Waals surface area contributed by atoms with E-state index in [1.807, 2.05) is 0 Å². The van der Waals surface area contributed by atoms with E-state index in [9.17, 15) is 19.5 Å². The summed E-state index contributed by atoms with van der Waals surface area (Å²) in [4.78, 5) is 40.3. The number of fused-ring (bicyclic) bond motifs is 1. The van der Waals surface area contributed by atoms with Gasteiger partial charge in [0.15, 0.2) is 11.5 Å². The van der Waals surface area contributed by atoms with Gasteiger partial charge in [-0.15, -0.1) is 0 Å². The number of carbonyl (C=O) groups is 3. The van der Waals surface area contributed by atoms with E-state index >= 15 is 0 Å². The highest BCUT2D eigenvalue weighted by Gasteiger charge is 2.36. The Morgan fingerprint density at radius 3 is 2.69 bits per heavy atom. The number of β-amino-alcohol motifs (C(OH)–C–C–N with tert-alkyl or cyclic N) is 1. The van der Waals surface area contributed by atoms with Crippen molar-refractivity contribution in [2.45, 2.75) is 12.8 Å². The highest BCUT2D eigenvalue weighted by Crippen LogP contribution is 2.43. The first-order valence-electron chi connectivity index (χ1n) is 9.26. The van der Waals surface area contributed by atoms with E-state index < -0.39 is 11.9 Å².